The normalized spacial score (nSPS) is 15.0. The summed E-state index contributed by atoms with van der Waals surface area (Å²) in [4.78, 5) is 26.3. The summed E-state index contributed by atoms with van der Waals surface area (Å²) in [6.45, 7) is 0.941. The van der Waals surface area contributed by atoms with Crippen LogP contribution in [0.25, 0.3) is 16.8 Å². The minimum absolute atomic E-state index is 0.237. The molecule has 3 aromatic rings. The number of halogens is 1. The maximum Gasteiger partial charge on any atom is 0.293 e. The lowest BCUT2D eigenvalue weighted by Gasteiger charge is -2.14. The Hall–Kier alpha value is -2.56. The van der Waals surface area contributed by atoms with Gasteiger partial charge in [0.05, 0.1) is 28.7 Å². The number of rotatable bonds is 8. The Morgan fingerprint density at radius 1 is 1.03 bits per heavy atom. The second-order valence-electron chi connectivity index (χ2n) is 7.33. The summed E-state index contributed by atoms with van der Waals surface area (Å²) in [6, 6.07) is 18.2. The maximum absolute atomic E-state index is 12.6. The van der Waals surface area contributed by atoms with E-state index in [0.29, 0.717) is 29.6 Å². The van der Waals surface area contributed by atoms with Gasteiger partial charge in [-0.15, -0.1) is 0 Å². The zero-order valence-corrected chi connectivity index (χ0v) is 21.1. The molecule has 0 bridgehead atoms. The molecule has 0 saturated carbocycles. The van der Waals surface area contributed by atoms with E-state index in [1.54, 1.807) is 19.3 Å². The molecule has 1 saturated heterocycles. The third-order valence-electron chi connectivity index (χ3n) is 5.14. The van der Waals surface area contributed by atoms with Crippen molar-refractivity contribution in [3.8, 4) is 11.5 Å². The summed E-state index contributed by atoms with van der Waals surface area (Å²) in [5, 5.41) is 2.06. The van der Waals surface area contributed by atoms with E-state index in [1.807, 2.05) is 18.2 Å². The topological polar surface area (TPSA) is 65.1 Å². The van der Waals surface area contributed by atoms with E-state index in [1.165, 1.54) is 17.4 Å². The zero-order valence-electron chi connectivity index (χ0n) is 18.2. The lowest BCUT2D eigenvalue weighted by molar-refractivity contribution is -0.123. The van der Waals surface area contributed by atoms with E-state index >= 15 is 0 Å². The first-order chi connectivity index (χ1) is 16.0. The number of ether oxygens (including phenoxy) is 3. The fourth-order valence-electron chi connectivity index (χ4n) is 3.47. The van der Waals surface area contributed by atoms with Gasteiger partial charge in [0.1, 0.15) is 6.61 Å². The van der Waals surface area contributed by atoms with Crippen molar-refractivity contribution in [2.75, 3.05) is 27.4 Å². The molecule has 3 aromatic carbocycles. The van der Waals surface area contributed by atoms with Gasteiger partial charge in [-0.25, -0.2) is 0 Å². The van der Waals surface area contributed by atoms with Crippen LogP contribution in [0.5, 0.6) is 11.5 Å². The Kier molecular flexibility index (Phi) is 7.56. The van der Waals surface area contributed by atoms with E-state index < -0.39 is 0 Å². The zero-order chi connectivity index (χ0) is 23.4. The summed E-state index contributed by atoms with van der Waals surface area (Å²) in [6.07, 6.45) is 1.70. The number of carbonyl (C=O) groups is 2. The molecular formula is C25H22INO5S. The summed E-state index contributed by atoms with van der Waals surface area (Å²) < 4.78 is 17.5. The molecule has 6 nitrogen and oxygen atoms in total. The van der Waals surface area contributed by atoms with Gasteiger partial charge in [0.15, 0.2) is 11.5 Å². The van der Waals surface area contributed by atoms with Crippen LogP contribution in [0.4, 0.5) is 4.79 Å². The van der Waals surface area contributed by atoms with Gasteiger partial charge in [-0.1, -0.05) is 36.4 Å². The van der Waals surface area contributed by atoms with Crippen molar-refractivity contribution in [1.29, 1.82) is 0 Å². The number of nitrogens with zero attached hydrogens (tertiary/aromatic N) is 1. The molecule has 0 aromatic heterocycles. The van der Waals surface area contributed by atoms with Crippen LogP contribution in [-0.2, 0) is 16.1 Å². The van der Waals surface area contributed by atoms with Crippen LogP contribution in [0.2, 0.25) is 0 Å². The first kappa shape index (κ1) is 23.6. The van der Waals surface area contributed by atoms with E-state index in [9.17, 15) is 9.59 Å². The van der Waals surface area contributed by atoms with Crippen LogP contribution < -0.4 is 9.47 Å². The monoisotopic (exact) mass is 575 g/mol. The van der Waals surface area contributed by atoms with Crippen molar-refractivity contribution in [3.63, 3.8) is 0 Å². The minimum atomic E-state index is -0.312. The highest BCUT2D eigenvalue weighted by Crippen LogP contribution is 2.37. The van der Waals surface area contributed by atoms with Gasteiger partial charge in [-0.2, -0.15) is 0 Å². The van der Waals surface area contributed by atoms with Gasteiger partial charge in [-0.3, -0.25) is 14.5 Å². The minimum Gasteiger partial charge on any atom is -0.493 e. The smallest absolute Gasteiger partial charge is 0.293 e. The van der Waals surface area contributed by atoms with Crippen LogP contribution in [-0.4, -0.2) is 43.4 Å². The first-order valence-corrected chi connectivity index (χ1v) is 12.1. The van der Waals surface area contributed by atoms with Gasteiger partial charge in [0.2, 0.25) is 0 Å². The Bertz CT molecular complexity index is 1240. The lowest BCUT2D eigenvalue weighted by atomic mass is 10.1. The molecule has 1 aliphatic rings. The number of amides is 2. The van der Waals surface area contributed by atoms with Crippen molar-refractivity contribution >= 4 is 62.3 Å². The molecule has 4 rings (SSSR count). The highest BCUT2D eigenvalue weighted by Gasteiger charge is 2.34. The average Bonchev–Trinajstić information content (AvgIpc) is 3.08. The average molecular weight is 575 g/mol. The van der Waals surface area contributed by atoms with E-state index in [4.69, 9.17) is 14.2 Å². The molecule has 0 spiro atoms. The summed E-state index contributed by atoms with van der Waals surface area (Å²) in [5.74, 6) is 0.886. The summed E-state index contributed by atoms with van der Waals surface area (Å²) >= 11 is 3.12. The quantitative estimate of drug-likeness (QED) is 0.253. The molecule has 0 N–H and O–H groups in total. The first-order valence-electron chi connectivity index (χ1n) is 10.2. The van der Waals surface area contributed by atoms with Crippen LogP contribution in [0.1, 0.15) is 11.1 Å². The number of benzene rings is 3. The highest BCUT2D eigenvalue weighted by atomic mass is 127. The predicted molar refractivity (Wildman–Crippen MR) is 139 cm³/mol. The molecule has 0 unspecified atom stereocenters. The number of methoxy groups -OCH3 is 2. The molecule has 8 heteroatoms. The van der Waals surface area contributed by atoms with Crippen LogP contribution >= 0.6 is 34.4 Å². The number of imide groups is 1. The fraction of sp³-hybridized carbons (Fsp3) is 0.200. The number of carbonyl (C=O) groups excluding carboxylic acids is 2. The fourth-order valence-corrected chi connectivity index (χ4v) is 5.12. The Balaban J connectivity index is 1.53. The standard InChI is InChI=1S/C25H22INO5S/c1-30-10-9-27-24(28)22(33-25(27)29)14-17-12-20(26)23(21(13-17)31-2)32-15-16-7-8-18-5-3-4-6-19(18)11-16/h3-8,11-14H,9-10,15H2,1-2H3/b22-14+. The Morgan fingerprint density at radius 2 is 1.82 bits per heavy atom. The molecule has 0 radical (unpaired) electrons. The van der Waals surface area contributed by atoms with Gasteiger partial charge in [0, 0.05) is 7.11 Å². The summed E-state index contributed by atoms with van der Waals surface area (Å²) in [7, 11) is 3.11. The number of hydrogen-bond acceptors (Lipinski definition) is 6. The number of thioether (sulfide) groups is 1. The molecule has 1 fully saturated rings. The second-order valence-corrected chi connectivity index (χ2v) is 9.49. The van der Waals surface area contributed by atoms with Crippen molar-refractivity contribution in [1.82, 2.24) is 4.90 Å². The lowest BCUT2D eigenvalue weighted by Crippen LogP contribution is -2.31. The molecular weight excluding hydrogens is 553 g/mol. The van der Waals surface area contributed by atoms with Crippen LogP contribution in [0, 0.1) is 3.57 Å². The van der Waals surface area contributed by atoms with Gasteiger partial charge >= 0.3 is 0 Å². The van der Waals surface area contributed by atoms with Gasteiger partial charge < -0.3 is 14.2 Å². The van der Waals surface area contributed by atoms with Crippen molar-refractivity contribution in [3.05, 3.63) is 74.2 Å². The molecule has 0 aliphatic carbocycles. The Labute approximate surface area is 210 Å². The summed E-state index contributed by atoms with van der Waals surface area (Å²) in [5.41, 5.74) is 1.81. The molecule has 170 valence electrons. The number of hydrogen-bond donors (Lipinski definition) is 0. The van der Waals surface area contributed by atoms with Crippen LogP contribution in [0.3, 0.4) is 0 Å². The van der Waals surface area contributed by atoms with Crippen molar-refractivity contribution in [2.45, 2.75) is 6.61 Å². The molecule has 2 amide bonds. The molecule has 33 heavy (non-hydrogen) atoms. The van der Waals surface area contributed by atoms with Crippen molar-refractivity contribution in [2.24, 2.45) is 0 Å². The largest absolute Gasteiger partial charge is 0.493 e. The van der Waals surface area contributed by atoms with E-state index in [2.05, 4.69) is 52.9 Å². The Morgan fingerprint density at radius 3 is 2.58 bits per heavy atom. The van der Waals surface area contributed by atoms with Gasteiger partial charge in [0.25, 0.3) is 11.1 Å². The van der Waals surface area contributed by atoms with Gasteiger partial charge in [-0.05, 0) is 80.5 Å². The third kappa shape index (κ3) is 5.34. The number of fused-ring (bicyclic) bond motifs is 1. The SMILES string of the molecule is COCCN1C(=O)S/C(=C/c2cc(I)c(OCc3ccc4ccccc4c3)c(OC)c2)C1=O. The predicted octanol–water partition coefficient (Wildman–Crippen LogP) is 5.71. The van der Waals surface area contributed by atoms with E-state index in [0.717, 1.165) is 31.8 Å². The highest BCUT2D eigenvalue weighted by molar-refractivity contribution is 14.1. The van der Waals surface area contributed by atoms with Crippen LogP contribution in [0.15, 0.2) is 59.5 Å². The second kappa shape index (κ2) is 10.6. The third-order valence-corrected chi connectivity index (χ3v) is 6.85. The van der Waals surface area contributed by atoms with Crippen molar-refractivity contribution < 1.29 is 23.8 Å². The van der Waals surface area contributed by atoms with E-state index in [-0.39, 0.29) is 17.7 Å². The molecule has 1 aliphatic heterocycles. The molecule has 1 heterocycles. The molecule has 0 atom stereocenters. The maximum atomic E-state index is 12.6.